The number of hydrogen-bond donors (Lipinski definition) is 2. The van der Waals surface area contributed by atoms with Crippen LogP contribution in [0.15, 0.2) is 48.6 Å². The number of nitrogens with one attached hydrogen (secondary N) is 1. The van der Waals surface area contributed by atoms with E-state index in [4.69, 9.17) is 21.1 Å². The summed E-state index contributed by atoms with van der Waals surface area (Å²) < 4.78 is 41.6. The molecule has 2 aromatic carbocycles. The monoisotopic (exact) mass is 642 g/mol. The number of hydrogen-bond acceptors (Lipinski definition) is 7. The fourth-order valence-electron chi connectivity index (χ4n) is 7.51. The van der Waals surface area contributed by atoms with Gasteiger partial charge in [0.2, 0.25) is 10.0 Å². The molecule has 10 heteroatoms. The number of aliphatic hydroxyl groups excluding tert-OH is 1. The summed E-state index contributed by atoms with van der Waals surface area (Å²) in [6, 6.07) is 11.4. The zero-order chi connectivity index (χ0) is 31.1. The van der Waals surface area contributed by atoms with Gasteiger partial charge in [0.25, 0.3) is 5.91 Å². The fraction of sp³-hybridized carbons (Fsp3) is 0.559. The van der Waals surface area contributed by atoms with Crippen LogP contribution in [-0.2, 0) is 26.6 Å². The summed E-state index contributed by atoms with van der Waals surface area (Å²) in [5, 5.41) is 9.50. The second kappa shape index (κ2) is 12.7. The van der Waals surface area contributed by atoms with Crippen LogP contribution in [0, 0.1) is 17.8 Å². The van der Waals surface area contributed by atoms with Crippen LogP contribution in [0.3, 0.4) is 0 Å². The van der Waals surface area contributed by atoms with E-state index in [1.54, 1.807) is 25.1 Å². The molecule has 6 rings (SSSR count). The number of amides is 1. The number of sulfonamides is 1. The number of carbonyl (C=O) groups excluding carboxylic acids is 1. The molecule has 1 fully saturated rings. The second-order valence-electron chi connectivity index (χ2n) is 13.2. The van der Waals surface area contributed by atoms with Gasteiger partial charge in [0.05, 0.1) is 36.9 Å². The first-order chi connectivity index (χ1) is 21.1. The number of benzene rings is 2. The third-order valence-corrected chi connectivity index (χ3v) is 12.6. The van der Waals surface area contributed by atoms with Crippen molar-refractivity contribution >= 4 is 33.2 Å². The Bertz CT molecular complexity index is 1530. The zero-order valence-corrected chi connectivity index (χ0v) is 27.1. The summed E-state index contributed by atoms with van der Waals surface area (Å²) in [5.74, 6) is 0.427. The molecule has 8 nitrogen and oxygen atoms in total. The first kappa shape index (κ1) is 31.4. The topological polar surface area (TPSA) is 105 Å². The average Bonchev–Trinajstić information content (AvgIpc) is 3.13. The Balaban J connectivity index is 1.42. The minimum absolute atomic E-state index is 0.0569. The van der Waals surface area contributed by atoms with Crippen molar-refractivity contribution in [3.63, 3.8) is 0 Å². The maximum atomic E-state index is 13.4. The van der Waals surface area contributed by atoms with Crippen molar-refractivity contribution in [2.45, 2.75) is 69.1 Å². The number of anilines is 1. The molecular weight excluding hydrogens is 600 g/mol. The summed E-state index contributed by atoms with van der Waals surface area (Å²) in [5.41, 5.74) is 3.34. The molecule has 0 saturated heterocycles. The fourth-order valence-corrected chi connectivity index (χ4v) is 8.99. The van der Waals surface area contributed by atoms with Gasteiger partial charge in [-0.15, -0.1) is 0 Å². The molecule has 2 bridgehead atoms. The Hall–Kier alpha value is -2.59. The standard InChI is InChI=1S/C34H43ClN2O6S/c1-22-5-3-7-31(42-16-15-38)28-11-8-26(28)19-37-20-34(14-4-6-24-17-27(35)10-12-29(24)34)21-43-32-13-9-25(18-30(32)37)33(39)36-44(40,41)23(22)2/h3,7,9-10,12-13,17-18,22-23,26,28,31,38H,4-6,8,11,14-16,19-21H2,1-2H3,(H,36,39)/b7-3-/t22-,23+,26-,28+,31-,34-/m0/s1. The SMILES string of the molecule is C[C@@H]1[C@@H](C)C/C=C\[C@H](OCCO)[C@@H]2CC[C@H]2CN2C[C@@]3(CCCc4cc(Cl)ccc43)COc3ccc(cc32)C(=O)NS1(=O)=O. The summed E-state index contributed by atoms with van der Waals surface area (Å²) in [4.78, 5) is 15.8. The highest BCUT2D eigenvalue weighted by Gasteiger charge is 2.44. The predicted molar refractivity (Wildman–Crippen MR) is 172 cm³/mol. The van der Waals surface area contributed by atoms with E-state index in [0.29, 0.717) is 31.2 Å². The van der Waals surface area contributed by atoms with Crippen LogP contribution in [-0.4, -0.2) is 63.7 Å². The van der Waals surface area contributed by atoms with E-state index in [1.807, 2.05) is 25.1 Å². The number of carbonyl (C=O) groups is 1. The Kier molecular flexibility index (Phi) is 9.03. The molecule has 1 saturated carbocycles. The van der Waals surface area contributed by atoms with Crippen LogP contribution in [0.1, 0.15) is 67.4 Å². The van der Waals surface area contributed by atoms with Crippen LogP contribution in [0.5, 0.6) is 5.75 Å². The van der Waals surface area contributed by atoms with Crippen molar-refractivity contribution in [3.05, 3.63) is 70.3 Å². The molecule has 238 valence electrons. The first-order valence-corrected chi connectivity index (χ1v) is 17.8. The lowest BCUT2D eigenvalue weighted by Crippen LogP contribution is -2.49. The average molecular weight is 643 g/mol. The van der Waals surface area contributed by atoms with Gasteiger partial charge in [0.15, 0.2) is 0 Å². The van der Waals surface area contributed by atoms with E-state index in [1.165, 1.54) is 11.1 Å². The van der Waals surface area contributed by atoms with Crippen LogP contribution in [0.25, 0.3) is 0 Å². The highest BCUT2D eigenvalue weighted by atomic mass is 35.5. The molecule has 1 spiro atoms. The first-order valence-electron chi connectivity index (χ1n) is 15.9. The maximum Gasteiger partial charge on any atom is 0.264 e. The zero-order valence-electron chi connectivity index (χ0n) is 25.5. The van der Waals surface area contributed by atoms with Crippen molar-refractivity contribution in [1.82, 2.24) is 4.72 Å². The minimum atomic E-state index is -3.93. The van der Waals surface area contributed by atoms with Gasteiger partial charge in [-0.25, -0.2) is 13.1 Å². The van der Waals surface area contributed by atoms with Crippen molar-refractivity contribution in [2.24, 2.45) is 17.8 Å². The quantitative estimate of drug-likeness (QED) is 0.440. The van der Waals surface area contributed by atoms with Crippen molar-refractivity contribution < 1.29 is 27.8 Å². The molecule has 2 heterocycles. The second-order valence-corrected chi connectivity index (χ2v) is 15.6. The normalized spacial score (nSPS) is 32.3. The lowest BCUT2D eigenvalue weighted by atomic mass is 9.68. The molecule has 0 unspecified atom stereocenters. The summed E-state index contributed by atoms with van der Waals surface area (Å²) >= 11 is 6.41. The van der Waals surface area contributed by atoms with Gasteiger partial charge in [-0.1, -0.05) is 36.7 Å². The number of aryl methyl sites for hydroxylation is 1. The smallest absolute Gasteiger partial charge is 0.264 e. The lowest BCUT2D eigenvalue weighted by Gasteiger charge is -2.46. The number of halogens is 1. The number of allylic oxidation sites excluding steroid dienone is 1. The van der Waals surface area contributed by atoms with Crippen molar-refractivity contribution in [3.8, 4) is 5.75 Å². The molecular formula is C34H43ClN2O6S. The van der Waals surface area contributed by atoms with Gasteiger partial charge in [-0.2, -0.15) is 0 Å². The third kappa shape index (κ3) is 6.13. The number of ether oxygens (including phenoxy) is 2. The van der Waals surface area contributed by atoms with E-state index in [-0.39, 0.29) is 42.1 Å². The summed E-state index contributed by atoms with van der Waals surface area (Å²) in [6.45, 7) is 5.65. The summed E-state index contributed by atoms with van der Waals surface area (Å²) in [7, 11) is -3.93. The number of aliphatic hydroxyl groups is 1. The Morgan fingerprint density at radius 2 is 2.02 bits per heavy atom. The van der Waals surface area contributed by atoms with E-state index < -0.39 is 21.2 Å². The predicted octanol–water partition coefficient (Wildman–Crippen LogP) is 5.26. The minimum Gasteiger partial charge on any atom is -0.490 e. The molecule has 2 aliphatic carbocycles. The molecule has 2 aromatic rings. The van der Waals surface area contributed by atoms with Crippen LogP contribution >= 0.6 is 11.6 Å². The number of nitrogens with zero attached hydrogens (tertiary/aromatic N) is 1. The molecule has 2 aliphatic heterocycles. The highest BCUT2D eigenvalue weighted by Crippen LogP contribution is 2.47. The summed E-state index contributed by atoms with van der Waals surface area (Å²) in [6.07, 6.45) is 9.43. The van der Waals surface area contributed by atoms with Crippen molar-refractivity contribution in [2.75, 3.05) is 37.8 Å². The van der Waals surface area contributed by atoms with Gasteiger partial charge < -0.3 is 19.5 Å². The largest absolute Gasteiger partial charge is 0.490 e. The molecule has 4 aliphatic rings. The molecule has 6 atom stereocenters. The van der Waals surface area contributed by atoms with E-state index in [0.717, 1.165) is 49.4 Å². The molecule has 0 radical (unpaired) electrons. The molecule has 2 N–H and O–H groups in total. The molecule has 44 heavy (non-hydrogen) atoms. The Morgan fingerprint density at radius 1 is 1.18 bits per heavy atom. The number of rotatable bonds is 3. The molecule has 0 aromatic heterocycles. The lowest BCUT2D eigenvalue weighted by molar-refractivity contribution is -0.0258. The van der Waals surface area contributed by atoms with Crippen molar-refractivity contribution in [1.29, 1.82) is 0 Å². The highest BCUT2D eigenvalue weighted by molar-refractivity contribution is 7.90. The van der Waals surface area contributed by atoms with Gasteiger partial charge in [0, 0.05) is 29.1 Å². The van der Waals surface area contributed by atoms with Crippen LogP contribution in [0.2, 0.25) is 5.02 Å². The van der Waals surface area contributed by atoms with E-state index >= 15 is 0 Å². The third-order valence-electron chi connectivity index (χ3n) is 10.4. The van der Waals surface area contributed by atoms with Crippen LogP contribution < -0.4 is 14.4 Å². The van der Waals surface area contributed by atoms with Crippen LogP contribution in [0.4, 0.5) is 5.69 Å². The van der Waals surface area contributed by atoms with Gasteiger partial charge in [0.1, 0.15) is 5.75 Å². The molecule has 1 amide bonds. The van der Waals surface area contributed by atoms with Gasteiger partial charge >= 0.3 is 0 Å². The van der Waals surface area contributed by atoms with Gasteiger partial charge in [-0.3, -0.25) is 4.79 Å². The Morgan fingerprint density at radius 3 is 2.80 bits per heavy atom. The van der Waals surface area contributed by atoms with Gasteiger partial charge in [-0.05, 0) is 105 Å². The number of fused-ring (bicyclic) bond motifs is 4. The van der Waals surface area contributed by atoms with E-state index in [9.17, 15) is 18.3 Å². The van der Waals surface area contributed by atoms with E-state index in [2.05, 4.69) is 21.8 Å². The maximum absolute atomic E-state index is 13.4. The Labute approximate surface area is 265 Å².